The van der Waals surface area contributed by atoms with Gasteiger partial charge in [-0.05, 0) is 42.5 Å². The van der Waals surface area contributed by atoms with E-state index in [4.69, 9.17) is 16.3 Å². The molecule has 0 radical (unpaired) electrons. The van der Waals surface area contributed by atoms with Gasteiger partial charge in [-0.15, -0.1) is 0 Å². The zero-order valence-electron chi connectivity index (χ0n) is 18.3. The van der Waals surface area contributed by atoms with E-state index in [2.05, 4.69) is 15.3 Å². The van der Waals surface area contributed by atoms with Gasteiger partial charge in [0.2, 0.25) is 0 Å². The van der Waals surface area contributed by atoms with Gasteiger partial charge in [-0.1, -0.05) is 31.5 Å². The van der Waals surface area contributed by atoms with E-state index in [1.165, 1.54) is 31.5 Å². The highest BCUT2D eigenvalue weighted by atomic mass is 35.5. The Morgan fingerprint density at radius 2 is 1.91 bits per heavy atom. The molecule has 1 aromatic heterocycles. The zero-order chi connectivity index (χ0) is 24.3. The summed E-state index contributed by atoms with van der Waals surface area (Å²) >= 11 is 6.28. The van der Waals surface area contributed by atoms with Gasteiger partial charge in [-0.3, -0.25) is 0 Å². The number of hydrogen-bond donors (Lipinski definition) is 2. The summed E-state index contributed by atoms with van der Waals surface area (Å²) in [6.45, 7) is 4.78. The van der Waals surface area contributed by atoms with Crippen LogP contribution >= 0.6 is 11.6 Å². The standard InChI is InChI=1S/C23H22ClF4N3O2/c1-11-29-9-13-16(8-7-15(25)18(13)30-11)31-20-12-5-6-14(24)19(33-4)17(12)21(2,3)10-22(20,32)23(26,27)28/h5-9,20,31-32H,10H2,1-4H3/t20-,22-/m1/s1. The summed E-state index contributed by atoms with van der Waals surface area (Å²) in [5, 5.41) is 14.4. The molecule has 1 aliphatic carbocycles. The molecule has 2 N–H and O–H groups in total. The fraction of sp³-hybridized carbons (Fsp3) is 0.391. The maximum absolute atomic E-state index is 14.4. The zero-order valence-corrected chi connectivity index (χ0v) is 19.1. The van der Waals surface area contributed by atoms with Crippen molar-refractivity contribution < 1.29 is 27.4 Å². The number of ether oxygens (including phenoxy) is 1. The van der Waals surface area contributed by atoms with Crippen LogP contribution < -0.4 is 10.1 Å². The number of rotatable bonds is 3. The maximum atomic E-state index is 14.4. The molecule has 0 fully saturated rings. The molecule has 0 saturated carbocycles. The summed E-state index contributed by atoms with van der Waals surface area (Å²) in [6, 6.07) is 3.66. The lowest BCUT2D eigenvalue weighted by molar-refractivity contribution is -0.275. The first-order chi connectivity index (χ1) is 15.3. The van der Waals surface area contributed by atoms with E-state index in [1.54, 1.807) is 20.8 Å². The Balaban J connectivity index is 1.98. The fourth-order valence-electron chi connectivity index (χ4n) is 4.75. The number of aryl methyl sites for hydroxylation is 1. The minimum Gasteiger partial charge on any atom is -0.495 e. The number of alkyl halides is 3. The Morgan fingerprint density at radius 1 is 1.21 bits per heavy atom. The van der Waals surface area contributed by atoms with Crippen LogP contribution in [0.25, 0.3) is 10.9 Å². The molecular weight excluding hydrogens is 462 g/mol. The number of aliphatic hydroxyl groups is 1. The lowest BCUT2D eigenvalue weighted by Crippen LogP contribution is -2.58. The Bertz CT molecular complexity index is 1250. The van der Waals surface area contributed by atoms with Gasteiger partial charge in [0.25, 0.3) is 0 Å². The van der Waals surface area contributed by atoms with Crippen molar-refractivity contribution in [2.75, 3.05) is 12.4 Å². The molecule has 1 aliphatic rings. The molecule has 5 nitrogen and oxygen atoms in total. The van der Waals surface area contributed by atoms with E-state index in [9.17, 15) is 22.7 Å². The fourth-order valence-corrected chi connectivity index (χ4v) is 4.98. The maximum Gasteiger partial charge on any atom is 0.419 e. The van der Waals surface area contributed by atoms with Crippen molar-refractivity contribution in [3.8, 4) is 5.75 Å². The van der Waals surface area contributed by atoms with Crippen molar-refractivity contribution >= 4 is 28.2 Å². The normalized spacial score (nSPS) is 22.2. The topological polar surface area (TPSA) is 67.3 Å². The SMILES string of the molecule is COc1c(Cl)ccc2c1C(C)(C)C[C@](O)(C(F)(F)F)[C@@H]2Nc1ccc(F)c2nc(C)ncc12. The van der Waals surface area contributed by atoms with E-state index in [0.717, 1.165) is 6.07 Å². The lowest BCUT2D eigenvalue weighted by Gasteiger charge is -2.49. The minimum absolute atomic E-state index is 0.0342. The number of nitrogens with one attached hydrogen (secondary N) is 1. The van der Waals surface area contributed by atoms with Crippen molar-refractivity contribution in [1.29, 1.82) is 0 Å². The molecule has 0 aliphatic heterocycles. The van der Waals surface area contributed by atoms with Crippen molar-refractivity contribution in [3.05, 3.63) is 58.3 Å². The first-order valence-electron chi connectivity index (χ1n) is 10.1. The first-order valence-corrected chi connectivity index (χ1v) is 10.5. The number of nitrogens with zero attached hydrogens (tertiary/aromatic N) is 2. The Hall–Kier alpha value is -2.65. The molecule has 0 amide bonds. The molecule has 33 heavy (non-hydrogen) atoms. The van der Waals surface area contributed by atoms with Crippen molar-refractivity contribution in [3.63, 3.8) is 0 Å². The van der Waals surface area contributed by atoms with Crippen LogP contribution in [0.15, 0.2) is 30.5 Å². The summed E-state index contributed by atoms with van der Waals surface area (Å²) < 4.78 is 62.9. The van der Waals surface area contributed by atoms with E-state index >= 15 is 0 Å². The number of fused-ring (bicyclic) bond motifs is 2. The number of methoxy groups -OCH3 is 1. The van der Waals surface area contributed by atoms with E-state index in [-0.39, 0.29) is 32.9 Å². The van der Waals surface area contributed by atoms with Gasteiger partial charge in [0.15, 0.2) is 5.60 Å². The quantitative estimate of drug-likeness (QED) is 0.456. The van der Waals surface area contributed by atoms with E-state index < -0.39 is 35.5 Å². The predicted molar refractivity (Wildman–Crippen MR) is 117 cm³/mol. The molecular formula is C23H22ClF4N3O2. The third-order valence-electron chi connectivity index (χ3n) is 6.14. The molecule has 1 heterocycles. The Kier molecular flexibility index (Phi) is 5.48. The van der Waals surface area contributed by atoms with Gasteiger partial charge in [0.05, 0.1) is 18.2 Å². The summed E-state index contributed by atoms with van der Waals surface area (Å²) in [5.74, 6) is -0.0710. The predicted octanol–water partition coefficient (Wildman–Crippen LogP) is 5.87. The van der Waals surface area contributed by atoms with Crippen molar-refractivity contribution in [1.82, 2.24) is 9.97 Å². The van der Waals surface area contributed by atoms with Crippen LogP contribution in [0.1, 0.15) is 43.3 Å². The molecule has 0 bridgehead atoms. The number of aromatic nitrogens is 2. The third-order valence-corrected chi connectivity index (χ3v) is 6.43. The van der Waals surface area contributed by atoms with Gasteiger partial charge < -0.3 is 15.2 Å². The van der Waals surface area contributed by atoms with Crippen LogP contribution in [0.5, 0.6) is 5.75 Å². The average molecular weight is 484 g/mol. The van der Waals surface area contributed by atoms with E-state index in [0.29, 0.717) is 11.4 Å². The van der Waals surface area contributed by atoms with Gasteiger partial charge in [-0.25, -0.2) is 14.4 Å². The number of halogens is 5. The molecule has 0 unspecified atom stereocenters. The van der Waals surface area contributed by atoms with Gasteiger partial charge in [0, 0.05) is 22.8 Å². The lowest BCUT2D eigenvalue weighted by atomic mass is 9.63. The third kappa shape index (κ3) is 3.67. The highest BCUT2D eigenvalue weighted by Gasteiger charge is 2.64. The highest BCUT2D eigenvalue weighted by Crippen LogP contribution is 2.57. The number of benzene rings is 2. The second-order valence-electron chi connectivity index (χ2n) is 8.88. The van der Waals surface area contributed by atoms with Crippen LogP contribution in [0.2, 0.25) is 5.02 Å². The monoisotopic (exact) mass is 483 g/mol. The highest BCUT2D eigenvalue weighted by molar-refractivity contribution is 6.32. The minimum atomic E-state index is -4.98. The molecule has 0 saturated heterocycles. The van der Waals surface area contributed by atoms with Gasteiger partial charge in [0.1, 0.15) is 22.9 Å². The van der Waals surface area contributed by atoms with E-state index in [1.807, 2.05) is 0 Å². The largest absolute Gasteiger partial charge is 0.495 e. The molecule has 2 aromatic carbocycles. The average Bonchev–Trinajstić information content (AvgIpc) is 2.71. The number of anilines is 1. The summed E-state index contributed by atoms with van der Waals surface area (Å²) in [5.41, 5.74) is -3.51. The van der Waals surface area contributed by atoms with Crippen molar-refractivity contribution in [2.45, 2.75) is 50.4 Å². The van der Waals surface area contributed by atoms with Crippen LogP contribution in [-0.2, 0) is 5.41 Å². The van der Waals surface area contributed by atoms with Crippen LogP contribution in [-0.4, -0.2) is 34.0 Å². The molecule has 10 heteroatoms. The Labute approximate surface area is 192 Å². The smallest absolute Gasteiger partial charge is 0.419 e. The summed E-state index contributed by atoms with van der Waals surface area (Å²) in [6.07, 6.45) is -4.29. The first kappa shape index (κ1) is 23.5. The molecule has 4 rings (SSSR count). The molecule has 0 spiro atoms. The summed E-state index contributed by atoms with van der Waals surface area (Å²) in [7, 11) is 1.39. The Morgan fingerprint density at radius 3 is 2.55 bits per heavy atom. The second kappa shape index (κ2) is 7.70. The number of hydrogen-bond acceptors (Lipinski definition) is 5. The second-order valence-corrected chi connectivity index (χ2v) is 9.29. The summed E-state index contributed by atoms with van der Waals surface area (Å²) in [4.78, 5) is 8.13. The van der Waals surface area contributed by atoms with Gasteiger partial charge in [-0.2, -0.15) is 13.2 Å². The van der Waals surface area contributed by atoms with Crippen LogP contribution in [0.3, 0.4) is 0 Å². The molecule has 176 valence electrons. The van der Waals surface area contributed by atoms with Gasteiger partial charge >= 0.3 is 6.18 Å². The van der Waals surface area contributed by atoms with Crippen molar-refractivity contribution in [2.24, 2.45) is 0 Å². The van der Waals surface area contributed by atoms with Crippen LogP contribution in [0, 0.1) is 12.7 Å². The molecule has 2 atom stereocenters. The van der Waals surface area contributed by atoms with Crippen LogP contribution in [0.4, 0.5) is 23.2 Å². The molecule has 3 aromatic rings.